The van der Waals surface area contributed by atoms with Gasteiger partial charge in [0.05, 0.1) is 17.1 Å². The lowest BCUT2D eigenvalue weighted by Crippen LogP contribution is -2.19. The van der Waals surface area contributed by atoms with E-state index in [1.807, 2.05) is 31.2 Å². The number of nitrogen functional groups attached to an aromatic ring is 1. The Morgan fingerprint density at radius 2 is 2.10 bits per heavy atom. The molecule has 0 atom stereocenters. The fourth-order valence-electron chi connectivity index (χ4n) is 2.10. The van der Waals surface area contributed by atoms with E-state index in [1.54, 1.807) is 23.4 Å². The minimum absolute atomic E-state index is 0.223. The summed E-state index contributed by atoms with van der Waals surface area (Å²) in [5, 5.41) is 7.22. The Morgan fingerprint density at radius 1 is 1.38 bits per heavy atom. The molecule has 3 N–H and O–H groups in total. The summed E-state index contributed by atoms with van der Waals surface area (Å²) in [6, 6.07) is 7.75. The number of benzene rings is 1. The predicted molar refractivity (Wildman–Crippen MR) is 87.8 cm³/mol. The van der Waals surface area contributed by atoms with Crippen molar-refractivity contribution in [3.63, 3.8) is 0 Å². The normalized spacial score (nSPS) is 10.6. The molecule has 0 unspecified atom stereocenters. The lowest BCUT2D eigenvalue weighted by molar-refractivity contribution is 0.101. The fourth-order valence-corrected chi connectivity index (χ4v) is 2.86. The third-order valence-electron chi connectivity index (χ3n) is 3.12. The second-order valence-electron chi connectivity index (χ2n) is 4.55. The molecule has 1 heterocycles. The molecule has 21 heavy (non-hydrogen) atoms. The van der Waals surface area contributed by atoms with Crippen LogP contribution in [0.4, 0.5) is 11.4 Å². The van der Waals surface area contributed by atoms with Crippen molar-refractivity contribution in [3.8, 4) is 0 Å². The maximum Gasteiger partial charge on any atom is 0.276 e. The fraction of sp³-hybridized carbons (Fsp3) is 0.333. The number of thioether (sulfide) groups is 1. The third-order valence-corrected chi connectivity index (χ3v) is 4.08. The minimum atomic E-state index is -0.223. The van der Waals surface area contributed by atoms with Crippen LogP contribution in [0.25, 0.3) is 0 Å². The average Bonchev–Trinajstić information content (AvgIpc) is 2.76. The molecule has 0 fully saturated rings. The summed E-state index contributed by atoms with van der Waals surface area (Å²) in [6.07, 6.45) is 0. The zero-order chi connectivity index (χ0) is 15.4. The van der Waals surface area contributed by atoms with Crippen LogP contribution in [0.2, 0.25) is 0 Å². The molecular formula is C15H20N4OS. The van der Waals surface area contributed by atoms with Gasteiger partial charge in [-0.1, -0.05) is 19.1 Å². The first-order chi connectivity index (χ1) is 10.1. The van der Waals surface area contributed by atoms with Gasteiger partial charge >= 0.3 is 0 Å². The Morgan fingerprint density at radius 3 is 2.76 bits per heavy atom. The summed E-state index contributed by atoms with van der Waals surface area (Å²) in [6.45, 7) is 6.42. The maximum absolute atomic E-state index is 12.5. The number of rotatable bonds is 5. The Bertz CT molecular complexity index is 651. The SMILES string of the molecule is CCSc1ccccc1NC(=O)c1c(N)c(C)nn1CC. The van der Waals surface area contributed by atoms with Gasteiger partial charge in [0.2, 0.25) is 0 Å². The second-order valence-corrected chi connectivity index (χ2v) is 5.85. The molecule has 1 aromatic heterocycles. The summed E-state index contributed by atoms with van der Waals surface area (Å²) in [5.41, 5.74) is 8.32. The third kappa shape index (κ3) is 3.21. The number of amides is 1. The van der Waals surface area contributed by atoms with E-state index < -0.39 is 0 Å². The molecule has 2 rings (SSSR count). The number of carbonyl (C=O) groups excluding carboxylic acids is 1. The standard InChI is InChI=1S/C15H20N4OS/c1-4-19-14(13(16)10(3)18-19)15(20)17-11-8-6-7-9-12(11)21-5-2/h6-9H,4-5,16H2,1-3H3,(H,17,20). The molecule has 1 aromatic carbocycles. The van der Waals surface area contributed by atoms with Gasteiger partial charge in [0.25, 0.3) is 5.91 Å². The highest BCUT2D eigenvalue weighted by Gasteiger charge is 2.19. The van der Waals surface area contributed by atoms with E-state index in [0.717, 1.165) is 16.3 Å². The highest BCUT2D eigenvalue weighted by molar-refractivity contribution is 7.99. The van der Waals surface area contributed by atoms with Gasteiger partial charge in [-0.25, -0.2) is 0 Å². The molecular weight excluding hydrogens is 284 g/mol. The highest BCUT2D eigenvalue weighted by atomic mass is 32.2. The van der Waals surface area contributed by atoms with Crippen LogP contribution in [0.3, 0.4) is 0 Å². The molecule has 1 amide bonds. The molecule has 5 nitrogen and oxygen atoms in total. The van der Waals surface area contributed by atoms with Crippen LogP contribution in [0.5, 0.6) is 0 Å². The molecule has 112 valence electrons. The number of para-hydroxylation sites is 1. The van der Waals surface area contributed by atoms with Crippen molar-refractivity contribution < 1.29 is 4.79 Å². The zero-order valence-corrected chi connectivity index (χ0v) is 13.3. The van der Waals surface area contributed by atoms with Crippen LogP contribution in [-0.4, -0.2) is 21.4 Å². The van der Waals surface area contributed by atoms with Crippen LogP contribution in [0.1, 0.15) is 30.0 Å². The summed E-state index contributed by atoms with van der Waals surface area (Å²) in [4.78, 5) is 13.6. The van der Waals surface area contributed by atoms with Crippen LogP contribution in [0, 0.1) is 6.92 Å². The van der Waals surface area contributed by atoms with Crippen LogP contribution in [0.15, 0.2) is 29.2 Å². The number of hydrogen-bond acceptors (Lipinski definition) is 4. The first kappa shape index (κ1) is 15.4. The monoisotopic (exact) mass is 304 g/mol. The number of nitrogens with zero attached hydrogens (tertiary/aromatic N) is 2. The van der Waals surface area contributed by atoms with E-state index in [-0.39, 0.29) is 5.91 Å². The van der Waals surface area contributed by atoms with Crippen molar-refractivity contribution in [3.05, 3.63) is 35.7 Å². The molecule has 0 bridgehead atoms. The van der Waals surface area contributed by atoms with Crippen LogP contribution < -0.4 is 11.1 Å². The van der Waals surface area contributed by atoms with E-state index in [9.17, 15) is 4.79 Å². The van der Waals surface area contributed by atoms with Crippen molar-refractivity contribution in [2.45, 2.75) is 32.2 Å². The first-order valence-corrected chi connectivity index (χ1v) is 7.93. The predicted octanol–water partition coefficient (Wildman–Crippen LogP) is 3.16. The molecule has 0 aliphatic heterocycles. The summed E-state index contributed by atoms with van der Waals surface area (Å²) >= 11 is 1.69. The Kier molecular flexibility index (Phi) is 4.90. The van der Waals surface area contributed by atoms with Gasteiger partial charge in [-0.3, -0.25) is 9.48 Å². The van der Waals surface area contributed by atoms with Crippen molar-refractivity contribution >= 4 is 29.0 Å². The second kappa shape index (κ2) is 6.67. The van der Waals surface area contributed by atoms with Crippen molar-refractivity contribution in [1.29, 1.82) is 0 Å². The molecule has 0 saturated heterocycles. The minimum Gasteiger partial charge on any atom is -0.395 e. The van der Waals surface area contributed by atoms with E-state index in [1.165, 1.54) is 0 Å². The largest absolute Gasteiger partial charge is 0.395 e. The lowest BCUT2D eigenvalue weighted by atomic mass is 10.2. The number of nitrogens with one attached hydrogen (secondary N) is 1. The summed E-state index contributed by atoms with van der Waals surface area (Å²) < 4.78 is 1.63. The van der Waals surface area contributed by atoms with Gasteiger partial charge in [0, 0.05) is 11.4 Å². The lowest BCUT2D eigenvalue weighted by Gasteiger charge is -2.11. The van der Waals surface area contributed by atoms with E-state index in [0.29, 0.717) is 23.6 Å². The smallest absolute Gasteiger partial charge is 0.276 e. The summed E-state index contributed by atoms with van der Waals surface area (Å²) in [7, 11) is 0. The number of nitrogens with two attached hydrogens (primary N) is 1. The van der Waals surface area contributed by atoms with Gasteiger partial charge in [-0.05, 0) is 31.7 Å². The number of aromatic nitrogens is 2. The summed E-state index contributed by atoms with van der Waals surface area (Å²) in [5.74, 6) is 0.722. The molecule has 0 aliphatic rings. The maximum atomic E-state index is 12.5. The van der Waals surface area contributed by atoms with E-state index in [4.69, 9.17) is 5.73 Å². The number of aryl methyl sites for hydroxylation is 2. The van der Waals surface area contributed by atoms with Gasteiger partial charge < -0.3 is 11.1 Å². The molecule has 0 radical (unpaired) electrons. The Balaban J connectivity index is 2.31. The first-order valence-electron chi connectivity index (χ1n) is 6.94. The number of carbonyl (C=O) groups is 1. The van der Waals surface area contributed by atoms with Crippen LogP contribution in [-0.2, 0) is 6.54 Å². The van der Waals surface area contributed by atoms with Crippen molar-refractivity contribution in [2.75, 3.05) is 16.8 Å². The highest BCUT2D eigenvalue weighted by Crippen LogP contribution is 2.27. The van der Waals surface area contributed by atoms with Gasteiger partial charge in [0.15, 0.2) is 0 Å². The number of hydrogen-bond donors (Lipinski definition) is 2. The molecule has 0 spiro atoms. The molecule has 6 heteroatoms. The quantitative estimate of drug-likeness (QED) is 0.832. The van der Waals surface area contributed by atoms with E-state index in [2.05, 4.69) is 17.3 Å². The zero-order valence-electron chi connectivity index (χ0n) is 12.5. The average molecular weight is 304 g/mol. The molecule has 0 aliphatic carbocycles. The Hall–Kier alpha value is -1.95. The van der Waals surface area contributed by atoms with Crippen LogP contribution >= 0.6 is 11.8 Å². The number of anilines is 2. The van der Waals surface area contributed by atoms with Gasteiger partial charge in [-0.15, -0.1) is 11.8 Å². The Labute approximate surface area is 128 Å². The molecule has 2 aromatic rings. The van der Waals surface area contributed by atoms with Gasteiger partial charge in [0.1, 0.15) is 5.69 Å². The van der Waals surface area contributed by atoms with Crippen molar-refractivity contribution in [1.82, 2.24) is 9.78 Å². The molecule has 0 saturated carbocycles. The van der Waals surface area contributed by atoms with E-state index >= 15 is 0 Å². The topological polar surface area (TPSA) is 72.9 Å². The van der Waals surface area contributed by atoms with Gasteiger partial charge in [-0.2, -0.15) is 5.10 Å². The van der Waals surface area contributed by atoms with Crippen molar-refractivity contribution in [2.24, 2.45) is 0 Å².